The van der Waals surface area contributed by atoms with Crippen LogP contribution in [0.25, 0.3) is 0 Å². The molecule has 0 bridgehead atoms. The van der Waals surface area contributed by atoms with Crippen LogP contribution in [0.4, 0.5) is 0 Å². The molecule has 1 aromatic heterocycles. The van der Waals surface area contributed by atoms with Crippen LogP contribution in [0.1, 0.15) is 5.56 Å². The van der Waals surface area contributed by atoms with E-state index in [9.17, 15) is 0 Å². The van der Waals surface area contributed by atoms with Gasteiger partial charge in [-0.15, -0.1) is 11.8 Å². The number of nitriles is 1. The third kappa shape index (κ3) is 3.49. The Morgan fingerprint density at radius 2 is 2.46 bits per heavy atom. The molecule has 1 rings (SSSR count). The lowest BCUT2D eigenvalue weighted by atomic mass is 10.3. The van der Waals surface area contributed by atoms with Crippen molar-refractivity contribution in [1.82, 2.24) is 4.98 Å². The fraction of sp³-hybridized carbons (Fsp3) is 0.111. The Hall–Kier alpha value is -0.980. The molecule has 0 spiro atoms. The lowest BCUT2D eigenvalue weighted by Crippen LogP contribution is -1.81. The van der Waals surface area contributed by atoms with Crippen molar-refractivity contribution in [2.24, 2.45) is 0 Å². The molecule has 4 heteroatoms. The summed E-state index contributed by atoms with van der Waals surface area (Å²) in [7, 11) is 0. The first kappa shape index (κ1) is 10.1. The fourth-order valence-corrected chi connectivity index (χ4v) is 1.55. The molecule has 1 aromatic rings. The molecule has 0 aliphatic heterocycles. The number of hydrogen-bond donors (Lipinski definition) is 0. The number of rotatable bonds is 3. The van der Waals surface area contributed by atoms with Gasteiger partial charge in [-0.05, 0) is 12.1 Å². The minimum absolute atomic E-state index is 0.581. The second-order valence-corrected chi connectivity index (χ2v) is 3.46. The highest BCUT2D eigenvalue weighted by atomic mass is 35.5. The maximum absolute atomic E-state index is 8.52. The fourth-order valence-electron chi connectivity index (χ4n) is 0.702. The predicted molar refractivity (Wildman–Crippen MR) is 54.7 cm³/mol. The van der Waals surface area contributed by atoms with Crippen LogP contribution in [-0.4, -0.2) is 10.7 Å². The van der Waals surface area contributed by atoms with Crippen LogP contribution in [0.5, 0.6) is 0 Å². The van der Waals surface area contributed by atoms with Gasteiger partial charge in [0.25, 0.3) is 0 Å². The van der Waals surface area contributed by atoms with Gasteiger partial charge >= 0.3 is 0 Å². The van der Waals surface area contributed by atoms with Gasteiger partial charge in [-0.1, -0.05) is 17.7 Å². The van der Waals surface area contributed by atoms with E-state index in [0.717, 1.165) is 10.8 Å². The standard InChI is InChI=1S/C9H7ClN2S/c10-4-1-5-13-9-3-2-8(6-11)7-12-9/h1-4,7H,5H2/b4-1+. The molecule has 0 aromatic carbocycles. The van der Waals surface area contributed by atoms with E-state index in [2.05, 4.69) is 4.98 Å². The van der Waals surface area contributed by atoms with E-state index in [4.69, 9.17) is 16.9 Å². The van der Waals surface area contributed by atoms with Crippen LogP contribution in [0.15, 0.2) is 35.0 Å². The summed E-state index contributed by atoms with van der Waals surface area (Å²) in [6, 6.07) is 5.59. The summed E-state index contributed by atoms with van der Waals surface area (Å²) in [6.07, 6.45) is 3.40. The van der Waals surface area contributed by atoms with E-state index in [1.807, 2.05) is 18.2 Å². The van der Waals surface area contributed by atoms with E-state index in [-0.39, 0.29) is 0 Å². The van der Waals surface area contributed by atoms with E-state index in [0.29, 0.717) is 5.56 Å². The lowest BCUT2D eigenvalue weighted by molar-refractivity contribution is 1.13. The molecule has 0 atom stereocenters. The summed E-state index contributed by atoms with van der Waals surface area (Å²) in [5, 5.41) is 9.41. The van der Waals surface area contributed by atoms with Crippen molar-refractivity contribution in [3.63, 3.8) is 0 Å². The summed E-state index contributed by atoms with van der Waals surface area (Å²) < 4.78 is 0. The summed E-state index contributed by atoms with van der Waals surface area (Å²) >= 11 is 6.93. The van der Waals surface area contributed by atoms with Gasteiger partial charge < -0.3 is 0 Å². The van der Waals surface area contributed by atoms with Crippen molar-refractivity contribution in [3.8, 4) is 6.07 Å². The molecule has 0 amide bonds. The van der Waals surface area contributed by atoms with Gasteiger partial charge in [0.15, 0.2) is 0 Å². The number of hydrogen-bond acceptors (Lipinski definition) is 3. The quantitative estimate of drug-likeness (QED) is 0.720. The molecule has 0 N–H and O–H groups in total. The van der Waals surface area contributed by atoms with Gasteiger partial charge in [0.05, 0.1) is 10.6 Å². The van der Waals surface area contributed by atoms with Gasteiger partial charge in [0.2, 0.25) is 0 Å². The first-order valence-electron chi connectivity index (χ1n) is 3.61. The van der Waals surface area contributed by atoms with Crippen LogP contribution in [0, 0.1) is 11.3 Å². The highest BCUT2D eigenvalue weighted by Crippen LogP contribution is 2.14. The third-order valence-electron chi connectivity index (χ3n) is 1.28. The first-order valence-corrected chi connectivity index (χ1v) is 5.03. The number of halogens is 1. The van der Waals surface area contributed by atoms with Crippen LogP contribution >= 0.6 is 23.4 Å². The topological polar surface area (TPSA) is 36.7 Å². The third-order valence-corrected chi connectivity index (χ3v) is 2.36. The molecule has 13 heavy (non-hydrogen) atoms. The van der Waals surface area contributed by atoms with Gasteiger partial charge in [-0.2, -0.15) is 5.26 Å². The maximum Gasteiger partial charge on any atom is 0.101 e. The van der Waals surface area contributed by atoms with Crippen LogP contribution in [-0.2, 0) is 0 Å². The normalized spacial score (nSPS) is 10.2. The Kier molecular flexibility index (Phi) is 4.37. The molecule has 0 unspecified atom stereocenters. The Balaban J connectivity index is 2.55. The summed E-state index contributed by atoms with van der Waals surface area (Å²) in [4.78, 5) is 4.08. The van der Waals surface area contributed by atoms with Gasteiger partial charge in [0, 0.05) is 17.5 Å². The minimum Gasteiger partial charge on any atom is -0.249 e. The van der Waals surface area contributed by atoms with Crippen molar-refractivity contribution in [3.05, 3.63) is 35.5 Å². The number of nitrogens with zero attached hydrogens (tertiary/aromatic N) is 2. The molecular formula is C9H7ClN2S. The van der Waals surface area contributed by atoms with Crippen molar-refractivity contribution in [2.75, 3.05) is 5.75 Å². The average Bonchev–Trinajstić information content (AvgIpc) is 2.19. The second kappa shape index (κ2) is 5.63. The highest BCUT2D eigenvalue weighted by molar-refractivity contribution is 7.99. The molecule has 0 saturated carbocycles. The Labute approximate surface area is 86.2 Å². The first-order chi connectivity index (χ1) is 6.36. The second-order valence-electron chi connectivity index (χ2n) is 2.17. The maximum atomic E-state index is 8.52. The zero-order valence-electron chi connectivity index (χ0n) is 6.77. The van der Waals surface area contributed by atoms with E-state index >= 15 is 0 Å². The molecule has 0 fully saturated rings. The van der Waals surface area contributed by atoms with E-state index in [1.54, 1.807) is 24.0 Å². The minimum atomic E-state index is 0.581. The molecule has 0 aliphatic rings. The molecular weight excluding hydrogens is 204 g/mol. The number of aromatic nitrogens is 1. The monoisotopic (exact) mass is 210 g/mol. The summed E-state index contributed by atoms with van der Waals surface area (Å²) in [5.41, 5.74) is 2.06. The molecule has 0 radical (unpaired) electrons. The largest absolute Gasteiger partial charge is 0.249 e. The molecule has 66 valence electrons. The van der Waals surface area contributed by atoms with Gasteiger partial charge in [0.1, 0.15) is 6.07 Å². The van der Waals surface area contributed by atoms with Crippen LogP contribution in [0.2, 0.25) is 0 Å². The van der Waals surface area contributed by atoms with Crippen LogP contribution in [0.3, 0.4) is 0 Å². The van der Waals surface area contributed by atoms with Crippen molar-refractivity contribution >= 4 is 23.4 Å². The van der Waals surface area contributed by atoms with Gasteiger partial charge in [-0.25, -0.2) is 4.98 Å². The molecule has 0 aliphatic carbocycles. The number of pyridine rings is 1. The summed E-state index contributed by atoms with van der Waals surface area (Å²) in [6.45, 7) is 0. The van der Waals surface area contributed by atoms with Crippen LogP contribution < -0.4 is 0 Å². The number of thioether (sulfide) groups is 1. The highest BCUT2D eigenvalue weighted by Gasteiger charge is 1.93. The van der Waals surface area contributed by atoms with E-state index in [1.165, 1.54) is 5.54 Å². The Morgan fingerprint density at radius 1 is 1.62 bits per heavy atom. The van der Waals surface area contributed by atoms with Crippen molar-refractivity contribution < 1.29 is 0 Å². The SMILES string of the molecule is N#Cc1ccc(SC/C=C/Cl)nc1. The molecule has 1 heterocycles. The average molecular weight is 211 g/mol. The van der Waals surface area contributed by atoms with Crippen molar-refractivity contribution in [1.29, 1.82) is 5.26 Å². The predicted octanol–water partition coefficient (Wildman–Crippen LogP) is 2.80. The zero-order chi connectivity index (χ0) is 9.52. The molecule has 0 saturated heterocycles. The van der Waals surface area contributed by atoms with Gasteiger partial charge in [-0.3, -0.25) is 0 Å². The smallest absolute Gasteiger partial charge is 0.101 e. The zero-order valence-corrected chi connectivity index (χ0v) is 8.35. The lowest BCUT2D eigenvalue weighted by Gasteiger charge is -1.95. The van der Waals surface area contributed by atoms with E-state index < -0.39 is 0 Å². The molecule has 2 nitrogen and oxygen atoms in total. The Morgan fingerprint density at radius 3 is 3.00 bits per heavy atom. The Bertz CT molecular complexity index is 326. The van der Waals surface area contributed by atoms with Crippen molar-refractivity contribution in [2.45, 2.75) is 5.03 Å². The summed E-state index contributed by atoms with van der Waals surface area (Å²) in [5.74, 6) is 0.794.